The second-order valence-electron chi connectivity index (χ2n) is 3.59. The van der Waals surface area contributed by atoms with Gasteiger partial charge in [0.05, 0.1) is 17.3 Å². The smallest absolute Gasteiger partial charge is 0.312 e. The summed E-state index contributed by atoms with van der Waals surface area (Å²) in [6.45, 7) is 0.643. The van der Waals surface area contributed by atoms with Crippen LogP contribution >= 0.6 is 11.3 Å². The van der Waals surface area contributed by atoms with E-state index in [2.05, 4.69) is 4.98 Å². The maximum absolute atomic E-state index is 10.9. The van der Waals surface area contributed by atoms with Gasteiger partial charge in [0.15, 0.2) is 0 Å². The summed E-state index contributed by atoms with van der Waals surface area (Å²) in [5, 5.41) is 9.98. The van der Waals surface area contributed by atoms with Gasteiger partial charge < -0.3 is 9.84 Å². The first-order chi connectivity index (χ1) is 7.22. The van der Waals surface area contributed by atoms with Gasteiger partial charge in [0, 0.05) is 18.4 Å². The largest absolute Gasteiger partial charge is 0.481 e. The lowest BCUT2D eigenvalue weighted by molar-refractivity contribution is -0.138. The topological polar surface area (TPSA) is 59.4 Å². The Labute approximate surface area is 91.9 Å². The van der Waals surface area contributed by atoms with Crippen LogP contribution in [0.4, 0.5) is 0 Å². The van der Waals surface area contributed by atoms with E-state index < -0.39 is 5.97 Å². The highest BCUT2D eigenvalue weighted by Crippen LogP contribution is 2.36. The number of nitrogens with zero attached hydrogens (tertiary/aromatic N) is 1. The van der Waals surface area contributed by atoms with E-state index >= 15 is 0 Å². The zero-order chi connectivity index (χ0) is 10.8. The number of carboxylic acid groups (broad SMARTS) is 1. The fourth-order valence-electron chi connectivity index (χ4n) is 1.81. The summed E-state index contributed by atoms with van der Waals surface area (Å²) in [5.74, 6) is -1.13. The molecule has 1 N–H and O–H groups in total. The second-order valence-corrected chi connectivity index (χ2v) is 4.76. The fourth-order valence-corrected chi connectivity index (χ4v) is 2.94. The van der Waals surface area contributed by atoms with Gasteiger partial charge in [-0.2, -0.15) is 0 Å². The van der Waals surface area contributed by atoms with Crippen molar-refractivity contribution >= 4 is 17.3 Å². The van der Waals surface area contributed by atoms with Crippen LogP contribution in [0.3, 0.4) is 0 Å². The van der Waals surface area contributed by atoms with Crippen molar-refractivity contribution in [3.8, 4) is 0 Å². The number of hydrogen-bond donors (Lipinski definition) is 1. The Morgan fingerprint density at radius 2 is 2.53 bits per heavy atom. The summed E-state index contributed by atoms with van der Waals surface area (Å²) in [6.07, 6.45) is 2.34. The van der Waals surface area contributed by atoms with Gasteiger partial charge in [-0.25, -0.2) is 4.98 Å². The summed E-state index contributed by atoms with van der Waals surface area (Å²) < 4.78 is 4.97. The minimum Gasteiger partial charge on any atom is -0.481 e. The van der Waals surface area contributed by atoms with E-state index in [1.807, 2.05) is 0 Å². The van der Waals surface area contributed by atoms with Crippen molar-refractivity contribution in [1.82, 2.24) is 4.98 Å². The van der Waals surface area contributed by atoms with E-state index in [-0.39, 0.29) is 5.92 Å². The first kappa shape index (κ1) is 10.6. The van der Waals surface area contributed by atoms with Crippen LogP contribution in [0.1, 0.15) is 27.9 Å². The predicted octanol–water partition coefficient (Wildman–Crippen LogP) is 1.45. The van der Waals surface area contributed by atoms with Gasteiger partial charge in [-0.3, -0.25) is 4.79 Å². The zero-order valence-electron chi connectivity index (χ0n) is 8.52. The molecule has 4 nitrogen and oxygen atoms in total. The standard InChI is InChI=1S/C10H13NO3S/c1-14-5-4-8-11-9-6(10(12)13)2-3-7(9)15-8/h6H,2-5H2,1H3,(H,12,13). The molecule has 0 aromatic carbocycles. The van der Waals surface area contributed by atoms with E-state index in [0.29, 0.717) is 13.0 Å². The number of aliphatic carboxylic acids is 1. The second kappa shape index (κ2) is 4.28. The lowest BCUT2D eigenvalue weighted by atomic mass is 10.1. The van der Waals surface area contributed by atoms with Crippen LogP contribution in [0.25, 0.3) is 0 Å². The van der Waals surface area contributed by atoms with Crippen molar-refractivity contribution in [1.29, 1.82) is 0 Å². The third-order valence-electron chi connectivity index (χ3n) is 2.58. The fraction of sp³-hybridized carbons (Fsp3) is 0.600. The van der Waals surface area contributed by atoms with Gasteiger partial charge in [0.1, 0.15) is 5.92 Å². The Morgan fingerprint density at radius 1 is 1.73 bits per heavy atom. The lowest BCUT2D eigenvalue weighted by Gasteiger charge is -2.01. The van der Waals surface area contributed by atoms with Crippen LogP contribution in [0, 0.1) is 0 Å². The Bertz CT molecular complexity index is 375. The Kier molecular flexibility index (Phi) is 3.02. The molecule has 0 radical (unpaired) electrons. The average Bonchev–Trinajstić information content (AvgIpc) is 2.72. The van der Waals surface area contributed by atoms with Gasteiger partial charge in [-0.05, 0) is 12.8 Å². The zero-order valence-corrected chi connectivity index (χ0v) is 9.34. The number of ether oxygens (including phenoxy) is 1. The molecule has 1 unspecified atom stereocenters. The molecule has 82 valence electrons. The van der Waals surface area contributed by atoms with Crippen molar-refractivity contribution in [2.75, 3.05) is 13.7 Å². The number of hydrogen-bond acceptors (Lipinski definition) is 4. The summed E-state index contributed by atoms with van der Waals surface area (Å²) in [6, 6.07) is 0. The van der Waals surface area contributed by atoms with E-state index in [1.165, 1.54) is 0 Å². The number of carboxylic acids is 1. The lowest BCUT2D eigenvalue weighted by Crippen LogP contribution is -2.08. The van der Waals surface area contributed by atoms with E-state index in [9.17, 15) is 4.79 Å². The third-order valence-corrected chi connectivity index (χ3v) is 3.77. The van der Waals surface area contributed by atoms with Crippen LogP contribution in [-0.2, 0) is 22.4 Å². The maximum Gasteiger partial charge on any atom is 0.312 e. The normalized spacial score (nSPS) is 19.1. The van der Waals surface area contributed by atoms with E-state index in [0.717, 1.165) is 28.4 Å². The quantitative estimate of drug-likeness (QED) is 0.845. The van der Waals surface area contributed by atoms with E-state index in [1.54, 1.807) is 18.4 Å². The van der Waals surface area contributed by atoms with E-state index in [4.69, 9.17) is 9.84 Å². The molecule has 0 fully saturated rings. The highest BCUT2D eigenvalue weighted by molar-refractivity contribution is 7.11. The molecule has 1 atom stereocenters. The van der Waals surface area contributed by atoms with Crippen LogP contribution in [-0.4, -0.2) is 29.8 Å². The molecular formula is C10H13NO3S. The molecule has 0 saturated carbocycles. The molecule has 0 saturated heterocycles. The Hall–Kier alpha value is -0.940. The van der Waals surface area contributed by atoms with Crippen LogP contribution in [0.2, 0.25) is 0 Å². The Balaban J connectivity index is 2.15. The first-order valence-corrected chi connectivity index (χ1v) is 5.74. The number of aryl methyl sites for hydroxylation is 1. The van der Waals surface area contributed by atoms with Gasteiger partial charge in [-0.15, -0.1) is 11.3 Å². The number of methoxy groups -OCH3 is 1. The number of fused-ring (bicyclic) bond motifs is 1. The summed E-state index contributed by atoms with van der Waals surface area (Å²) in [4.78, 5) is 16.5. The number of aromatic nitrogens is 1. The van der Waals surface area contributed by atoms with Crippen molar-refractivity contribution in [3.63, 3.8) is 0 Å². The summed E-state index contributed by atoms with van der Waals surface area (Å²) >= 11 is 1.63. The van der Waals surface area contributed by atoms with Crippen LogP contribution in [0.15, 0.2) is 0 Å². The molecule has 0 amide bonds. The van der Waals surface area contributed by atoms with Crippen molar-refractivity contribution < 1.29 is 14.6 Å². The van der Waals surface area contributed by atoms with Crippen LogP contribution < -0.4 is 0 Å². The summed E-state index contributed by atoms with van der Waals surface area (Å²) in [7, 11) is 1.65. The Morgan fingerprint density at radius 3 is 3.20 bits per heavy atom. The minimum atomic E-state index is -0.752. The number of carbonyl (C=O) groups is 1. The minimum absolute atomic E-state index is 0.382. The number of thiazole rings is 1. The molecule has 1 heterocycles. The van der Waals surface area contributed by atoms with Crippen LogP contribution in [0.5, 0.6) is 0 Å². The SMILES string of the molecule is COCCc1nc2c(s1)CCC2C(=O)O. The maximum atomic E-state index is 10.9. The van der Waals surface area contributed by atoms with Crippen molar-refractivity contribution in [2.45, 2.75) is 25.2 Å². The summed E-state index contributed by atoms with van der Waals surface area (Å²) in [5.41, 5.74) is 0.790. The molecule has 0 spiro atoms. The van der Waals surface area contributed by atoms with Gasteiger partial charge in [-0.1, -0.05) is 0 Å². The molecule has 5 heteroatoms. The monoisotopic (exact) mass is 227 g/mol. The first-order valence-electron chi connectivity index (χ1n) is 4.92. The predicted molar refractivity (Wildman–Crippen MR) is 56.4 cm³/mol. The highest BCUT2D eigenvalue weighted by atomic mass is 32.1. The van der Waals surface area contributed by atoms with Gasteiger partial charge in [0.2, 0.25) is 0 Å². The number of rotatable bonds is 4. The molecule has 0 aliphatic heterocycles. The van der Waals surface area contributed by atoms with Crippen molar-refractivity contribution in [3.05, 3.63) is 15.6 Å². The molecule has 1 aromatic rings. The highest BCUT2D eigenvalue weighted by Gasteiger charge is 2.32. The molecule has 1 aromatic heterocycles. The third kappa shape index (κ3) is 2.03. The molecule has 15 heavy (non-hydrogen) atoms. The molecule has 1 aliphatic rings. The van der Waals surface area contributed by atoms with Gasteiger partial charge in [0.25, 0.3) is 0 Å². The molecule has 1 aliphatic carbocycles. The van der Waals surface area contributed by atoms with Gasteiger partial charge >= 0.3 is 5.97 Å². The molecular weight excluding hydrogens is 214 g/mol. The average molecular weight is 227 g/mol. The molecule has 0 bridgehead atoms. The van der Waals surface area contributed by atoms with Crippen molar-refractivity contribution in [2.24, 2.45) is 0 Å². The molecule has 2 rings (SSSR count).